The van der Waals surface area contributed by atoms with Crippen LogP contribution in [-0.2, 0) is 51.4 Å². The predicted molar refractivity (Wildman–Crippen MR) is 206 cm³/mol. The van der Waals surface area contributed by atoms with Crippen LogP contribution < -0.4 is 26.6 Å². The summed E-state index contributed by atoms with van der Waals surface area (Å²) in [6, 6.07) is 9.70. The van der Waals surface area contributed by atoms with Crippen LogP contribution in [0.15, 0.2) is 65.9 Å². The average Bonchev–Trinajstić information content (AvgIpc) is 3.56. The fourth-order valence-electron chi connectivity index (χ4n) is 5.68. The van der Waals surface area contributed by atoms with Gasteiger partial charge in [0.05, 0.1) is 6.42 Å². The van der Waals surface area contributed by atoms with Crippen LogP contribution in [0.1, 0.15) is 65.0 Å². The highest BCUT2D eigenvalue weighted by Crippen LogP contribution is 2.19. The minimum absolute atomic E-state index is 0.0353. The Labute approximate surface area is 324 Å². The van der Waals surface area contributed by atoms with E-state index in [1.54, 1.807) is 33.9 Å². The molecule has 56 heavy (non-hydrogen) atoms. The number of aliphatic carboxylic acids is 2. The number of aromatic nitrogens is 1. The zero-order valence-corrected chi connectivity index (χ0v) is 32.0. The van der Waals surface area contributed by atoms with Crippen molar-refractivity contribution in [3.63, 3.8) is 0 Å². The topological polar surface area (TPSA) is 257 Å². The first-order valence-corrected chi connectivity index (χ1v) is 18.3. The number of benzene rings is 2. The number of nitrogens with one attached hydrogen (secondary N) is 6. The molecule has 0 saturated heterocycles. The highest BCUT2D eigenvalue weighted by atomic mass is 16.6. The van der Waals surface area contributed by atoms with Gasteiger partial charge in [-0.25, -0.2) is 4.79 Å². The van der Waals surface area contributed by atoms with E-state index in [4.69, 9.17) is 4.84 Å². The van der Waals surface area contributed by atoms with Gasteiger partial charge in [-0.1, -0.05) is 87.8 Å². The number of nitrogens with zero attached hydrogens (tertiary/aromatic N) is 1. The summed E-state index contributed by atoms with van der Waals surface area (Å²) in [6.07, 6.45) is 2.13. The molecule has 8 N–H and O–H groups in total. The Morgan fingerprint density at radius 1 is 0.768 bits per heavy atom. The van der Waals surface area contributed by atoms with Crippen LogP contribution in [0.3, 0.4) is 0 Å². The number of hydrogen-bond donors (Lipinski definition) is 8. The molecule has 0 aliphatic rings. The van der Waals surface area contributed by atoms with Gasteiger partial charge in [-0.2, -0.15) is 0 Å². The largest absolute Gasteiger partial charge is 0.481 e. The molecule has 1 aromatic heterocycles. The molecule has 0 bridgehead atoms. The van der Waals surface area contributed by atoms with Crippen LogP contribution in [0, 0.1) is 11.8 Å². The molecule has 3 aromatic rings. The SMILES string of the molecule is CC[C@H](C)[C@H](NC(=O)[C@H](CC(=O)O)NC(=O)[C@H](CC(C)C)NC(=O)/C=N/OCc1ccccc1)C(=O)N[C@@H](C)C(=O)N[C@@H](Cc1c[nH]c2ccccc12)C(=O)O. The van der Waals surface area contributed by atoms with Crippen molar-refractivity contribution in [1.29, 1.82) is 0 Å². The number of carbonyl (C=O) groups excluding carboxylic acids is 5. The second-order valence-electron chi connectivity index (χ2n) is 13.9. The number of hydrogen-bond acceptors (Lipinski definition) is 9. The predicted octanol–water partition coefficient (Wildman–Crippen LogP) is 2.01. The number of carboxylic acids is 2. The van der Waals surface area contributed by atoms with Crippen LogP contribution in [0.5, 0.6) is 0 Å². The average molecular weight is 778 g/mol. The van der Waals surface area contributed by atoms with E-state index in [1.807, 2.05) is 54.6 Å². The molecule has 0 saturated carbocycles. The van der Waals surface area contributed by atoms with E-state index in [0.717, 1.165) is 22.7 Å². The van der Waals surface area contributed by atoms with Crippen molar-refractivity contribution in [2.24, 2.45) is 17.0 Å². The second-order valence-corrected chi connectivity index (χ2v) is 13.9. The molecular weight excluding hydrogens is 726 g/mol. The van der Waals surface area contributed by atoms with Gasteiger partial charge >= 0.3 is 11.9 Å². The molecule has 0 unspecified atom stereocenters. The first-order chi connectivity index (χ1) is 26.6. The van der Waals surface area contributed by atoms with Crippen LogP contribution in [-0.4, -0.2) is 93.1 Å². The van der Waals surface area contributed by atoms with Crippen molar-refractivity contribution < 1.29 is 48.6 Å². The van der Waals surface area contributed by atoms with E-state index < -0.39 is 84.0 Å². The normalized spacial score (nSPS) is 14.5. The monoisotopic (exact) mass is 777 g/mol. The Hall–Kier alpha value is -6.26. The van der Waals surface area contributed by atoms with Crippen molar-refractivity contribution in [2.45, 2.75) is 97.1 Å². The number of amides is 5. The third-order valence-electron chi connectivity index (χ3n) is 8.93. The summed E-state index contributed by atoms with van der Waals surface area (Å²) >= 11 is 0. The summed E-state index contributed by atoms with van der Waals surface area (Å²) in [6.45, 7) is 8.46. The lowest BCUT2D eigenvalue weighted by Crippen LogP contribution is -2.60. The number of carbonyl (C=O) groups is 7. The third-order valence-corrected chi connectivity index (χ3v) is 8.93. The van der Waals surface area contributed by atoms with E-state index in [-0.39, 0.29) is 25.4 Å². The van der Waals surface area contributed by atoms with Gasteiger partial charge in [0, 0.05) is 23.5 Å². The lowest BCUT2D eigenvalue weighted by atomic mass is 9.97. The van der Waals surface area contributed by atoms with Crippen molar-refractivity contribution in [3.8, 4) is 0 Å². The quantitative estimate of drug-likeness (QED) is 0.0544. The Morgan fingerprint density at radius 3 is 2.05 bits per heavy atom. The van der Waals surface area contributed by atoms with Gasteiger partial charge in [0.15, 0.2) is 0 Å². The molecule has 17 heteroatoms. The molecule has 3 rings (SSSR count). The van der Waals surface area contributed by atoms with Crippen molar-refractivity contribution in [3.05, 3.63) is 71.9 Å². The zero-order valence-electron chi connectivity index (χ0n) is 32.0. The van der Waals surface area contributed by atoms with Crippen LogP contribution in [0.25, 0.3) is 10.9 Å². The minimum Gasteiger partial charge on any atom is -0.481 e. The first-order valence-electron chi connectivity index (χ1n) is 18.3. The summed E-state index contributed by atoms with van der Waals surface area (Å²) in [5.74, 6) is -7.53. The number of fused-ring (bicyclic) bond motifs is 1. The van der Waals surface area contributed by atoms with Crippen LogP contribution >= 0.6 is 0 Å². The maximum Gasteiger partial charge on any atom is 0.326 e. The summed E-state index contributed by atoms with van der Waals surface area (Å²) < 4.78 is 0. The van der Waals surface area contributed by atoms with Gasteiger partial charge < -0.3 is 46.6 Å². The molecule has 0 aliphatic heterocycles. The van der Waals surface area contributed by atoms with Crippen LogP contribution in [0.4, 0.5) is 0 Å². The second kappa shape index (κ2) is 21.6. The molecule has 0 spiro atoms. The van der Waals surface area contributed by atoms with Crippen LogP contribution in [0.2, 0.25) is 0 Å². The van der Waals surface area contributed by atoms with Gasteiger partial charge in [0.1, 0.15) is 43.0 Å². The Kier molecular flexibility index (Phi) is 17.0. The standard InChI is InChI=1S/C39H51N7O10/c1-6-23(4)34(38(53)42-24(5)35(50)45-31(39(54)55)17-26-19-40-28-15-11-10-14-27(26)28)46-37(52)30(18-33(48)49)44-36(51)29(16-22(2)3)43-32(47)20-41-56-21-25-12-8-7-9-13-25/h7-15,19-20,22-24,29-31,34,40H,6,16-18,21H2,1-5H3,(H,42,53)(H,43,47)(H,44,51)(H,45,50)(H,46,52)(H,48,49)(H,54,55)/b41-20+/t23-,24-,29-,30-,31-,34-/m0/s1. The van der Waals surface area contributed by atoms with Gasteiger partial charge in [-0.15, -0.1) is 0 Å². The summed E-state index contributed by atoms with van der Waals surface area (Å²) in [4.78, 5) is 98.3. The van der Waals surface area contributed by atoms with E-state index >= 15 is 0 Å². The number of oxime groups is 1. The van der Waals surface area contributed by atoms with Gasteiger partial charge in [0.2, 0.25) is 23.6 Å². The van der Waals surface area contributed by atoms with Crippen molar-refractivity contribution in [2.75, 3.05) is 0 Å². The van der Waals surface area contributed by atoms with E-state index in [9.17, 15) is 43.8 Å². The maximum atomic E-state index is 13.6. The number of aromatic amines is 1. The summed E-state index contributed by atoms with van der Waals surface area (Å²) in [5.41, 5.74) is 2.29. The van der Waals surface area contributed by atoms with Gasteiger partial charge in [0.25, 0.3) is 5.91 Å². The highest BCUT2D eigenvalue weighted by Gasteiger charge is 2.34. The molecule has 0 radical (unpaired) electrons. The van der Waals surface area contributed by atoms with Gasteiger partial charge in [-0.3, -0.25) is 28.8 Å². The Bertz CT molecular complexity index is 1860. The van der Waals surface area contributed by atoms with E-state index in [2.05, 4.69) is 36.7 Å². The molecule has 5 amide bonds. The molecular formula is C39H51N7O10. The Balaban J connectivity index is 1.66. The molecule has 1 heterocycles. The van der Waals surface area contributed by atoms with Crippen molar-refractivity contribution >= 4 is 58.6 Å². The number of carboxylic acid groups (broad SMARTS) is 2. The molecule has 0 fully saturated rings. The van der Waals surface area contributed by atoms with E-state index in [0.29, 0.717) is 12.0 Å². The molecule has 2 aromatic carbocycles. The fraction of sp³-hybridized carbons (Fsp3) is 0.436. The fourth-order valence-corrected chi connectivity index (χ4v) is 5.68. The lowest BCUT2D eigenvalue weighted by Gasteiger charge is -2.28. The van der Waals surface area contributed by atoms with Crippen molar-refractivity contribution in [1.82, 2.24) is 31.6 Å². The molecule has 302 valence electrons. The lowest BCUT2D eigenvalue weighted by molar-refractivity contribution is -0.142. The van der Waals surface area contributed by atoms with Gasteiger partial charge in [-0.05, 0) is 42.4 Å². The summed E-state index contributed by atoms with van der Waals surface area (Å²) in [7, 11) is 0. The molecule has 0 aliphatic carbocycles. The van der Waals surface area contributed by atoms with E-state index in [1.165, 1.54) is 6.92 Å². The third kappa shape index (κ3) is 13.9. The Morgan fingerprint density at radius 2 is 1.41 bits per heavy atom. The summed E-state index contributed by atoms with van der Waals surface area (Å²) in [5, 5.41) is 36.3. The molecule has 6 atom stereocenters. The zero-order chi connectivity index (χ0) is 41.4. The molecule has 17 nitrogen and oxygen atoms in total. The highest BCUT2D eigenvalue weighted by molar-refractivity contribution is 6.26. The number of rotatable bonds is 22. The maximum absolute atomic E-state index is 13.6. The smallest absolute Gasteiger partial charge is 0.326 e. The first kappa shape index (κ1) is 44.1. The minimum atomic E-state index is -1.66. The number of H-pyrrole nitrogens is 1. The number of para-hydroxylation sites is 1.